The molecule has 0 radical (unpaired) electrons. The van der Waals surface area contributed by atoms with Gasteiger partial charge in [0.1, 0.15) is 17.9 Å². The summed E-state index contributed by atoms with van der Waals surface area (Å²) in [5.41, 5.74) is 0.0493. The molecule has 1 aromatic rings. The van der Waals surface area contributed by atoms with Gasteiger partial charge in [-0.25, -0.2) is 4.79 Å². The van der Waals surface area contributed by atoms with E-state index in [0.29, 0.717) is 11.5 Å². The molecule has 0 fully saturated rings. The Bertz CT molecular complexity index is 381. The zero-order chi connectivity index (χ0) is 13.1. The lowest BCUT2D eigenvalue weighted by molar-refractivity contribution is 0.0282. The summed E-state index contributed by atoms with van der Waals surface area (Å²) in [4.78, 5) is 13.0. The fraction of sp³-hybridized carbons (Fsp3) is 0.636. The van der Waals surface area contributed by atoms with E-state index in [1.165, 1.54) is 4.90 Å². The summed E-state index contributed by atoms with van der Waals surface area (Å²) in [6.45, 7) is 5.48. The Morgan fingerprint density at radius 3 is 2.71 bits per heavy atom. The second-order valence-corrected chi connectivity index (χ2v) is 4.78. The van der Waals surface area contributed by atoms with E-state index in [-0.39, 0.29) is 13.2 Å². The van der Waals surface area contributed by atoms with Crippen molar-refractivity contribution in [1.29, 1.82) is 0 Å². The second-order valence-electron chi connectivity index (χ2n) is 4.78. The molecule has 0 saturated carbocycles. The molecule has 0 spiro atoms. The van der Waals surface area contributed by atoms with Gasteiger partial charge in [0.05, 0.1) is 6.54 Å². The minimum absolute atomic E-state index is 0.205. The summed E-state index contributed by atoms with van der Waals surface area (Å²) in [5.74, 6) is 0.373. The number of rotatable bonds is 3. The van der Waals surface area contributed by atoms with Crippen LogP contribution in [0.3, 0.4) is 0 Å². The fourth-order valence-corrected chi connectivity index (χ4v) is 1.15. The molecule has 0 unspecified atom stereocenters. The highest BCUT2D eigenvalue weighted by Crippen LogP contribution is 2.11. The molecule has 0 aromatic carbocycles. The maximum atomic E-state index is 11.6. The maximum absolute atomic E-state index is 11.6. The molecule has 6 heteroatoms. The van der Waals surface area contributed by atoms with Crippen LogP contribution in [0.1, 0.15) is 32.2 Å². The minimum atomic E-state index is -0.522. The lowest BCUT2D eigenvalue weighted by Crippen LogP contribution is -2.33. The standard InChI is InChI=1S/C11H18N2O4/c1-11(2,3)16-10(15)13(4)6-8-5-9(7-14)17-12-8/h5,14H,6-7H2,1-4H3. The number of aromatic nitrogens is 1. The molecule has 1 amide bonds. The lowest BCUT2D eigenvalue weighted by Gasteiger charge is -2.24. The first-order chi connectivity index (χ1) is 7.81. The van der Waals surface area contributed by atoms with Gasteiger partial charge in [0.2, 0.25) is 0 Å². The van der Waals surface area contributed by atoms with Crippen LogP contribution in [0.2, 0.25) is 0 Å². The Hall–Kier alpha value is -1.56. The molecule has 6 nitrogen and oxygen atoms in total. The molecule has 1 heterocycles. The molecule has 17 heavy (non-hydrogen) atoms. The summed E-state index contributed by atoms with van der Waals surface area (Å²) >= 11 is 0. The van der Waals surface area contributed by atoms with E-state index < -0.39 is 11.7 Å². The molecular weight excluding hydrogens is 224 g/mol. The normalized spacial score (nSPS) is 11.4. The van der Waals surface area contributed by atoms with Gasteiger partial charge in [0, 0.05) is 13.1 Å². The molecule has 1 aromatic heterocycles. The molecular formula is C11H18N2O4. The zero-order valence-corrected chi connectivity index (χ0v) is 10.6. The van der Waals surface area contributed by atoms with Crippen LogP contribution in [0, 0.1) is 0 Å². The maximum Gasteiger partial charge on any atom is 0.410 e. The number of carbonyl (C=O) groups excluding carboxylic acids is 1. The lowest BCUT2D eigenvalue weighted by atomic mass is 10.2. The topological polar surface area (TPSA) is 75.8 Å². The van der Waals surface area contributed by atoms with Crippen LogP contribution in [0.5, 0.6) is 0 Å². The van der Waals surface area contributed by atoms with Gasteiger partial charge in [-0.05, 0) is 20.8 Å². The Morgan fingerprint density at radius 1 is 1.59 bits per heavy atom. The highest BCUT2D eigenvalue weighted by molar-refractivity contribution is 5.67. The second kappa shape index (κ2) is 5.18. The zero-order valence-electron chi connectivity index (χ0n) is 10.6. The minimum Gasteiger partial charge on any atom is -0.444 e. The number of aliphatic hydroxyl groups is 1. The summed E-state index contributed by atoms with van der Waals surface area (Å²) in [6, 6.07) is 1.60. The molecule has 0 aliphatic rings. The van der Waals surface area contributed by atoms with Crippen molar-refractivity contribution >= 4 is 6.09 Å². The van der Waals surface area contributed by atoms with E-state index >= 15 is 0 Å². The van der Waals surface area contributed by atoms with Crippen LogP contribution in [0.25, 0.3) is 0 Å². The molecule has 0 saturated heterocycles. The molecule has 1 N–H and O–H groups in total. The quantitative estimate of drug-likeness (QED) is 0.870. The van der Waals surface area contributed by atoms with Crippen molar-refractivity contribution in [2.75, 3.05) is 7.05 Å². The van der Waals surface area contributed by atoms with E-state index in [4.69, 9.17) is 14.4 Å². The van der Waals surface area contributed by atoms with Crippen LogP contribution in [-0.4, -0.2) is 33.9 Å². The summed E-state index contributed by atoms with van der Waals surface area (Å²) in [7, 11) is 1.61. The van der Waals surface area contributed by atoms with Crippen molar-refractivity contribution in [1.82, 2.24) is 10.1 Å². The van der Waals surface area contributed by atoms with Crippen LogP contribution >= 0.6 is 0 Å². The van der Waals surface area contributed by atoms with Crippen LogP contribution < -0.4 is 0 Å². The van der Waals surface area contributed by atoms with Crippen molar-refractivity contribution in [3.8, 4) is 0 Å². The smallest absolute Gasteiger partial charge is 0.410 e. The SMILES string of the molecule is CN(Cc1cc(CO)on1)C(=O)OC(C)(C)C. The van der Waals surface area contributed by atoms with Gasteiger partial charge in [0.15, 0.2) is 5.76 Å². The van der Waals surface area contributed by atoms with E-state index in [2.05, 4.69) is 5.16 Å². The molecule has 96 valence electrons. The van der Waals surface area contributed by atoms with Crippen LogP contribution in [0.4, 0.5) is 4.79 Å². The van der Waals surface area contributed by atoms with Gasteiger partial charge in [-0.1, -0.05) is 5.16 Å². The monoisotopic (exact) mass is 242 g/mol. The third-order valence-electron chi connectivity index (χ3n) is 1.87. The van der Waals surface area contributed by atoms with Gasteiger partial charge in [0.25, 0.3) is 0 Å². The predicted molar refractivity (Wildman–Crippen MR) is 60.1 cm³/mol. The first-order valence-corrected chi connectivity index (χ1v) is 5.31. The number of aliphatic hydroxyl groups excluding tert-OH is 1. The Balaban J connectivity index is 2.54. The van der Waals surface area contributed by atoms with Crippen molar-refractivity contribution in [2.24, 2.45) is 0 Å². The van der Waals surface area contributed by atoms with Gasteiger partial charge in [-0.3, -0.25) is 0 Å². The van der Waals surface area contributed by atoms with Gasteiger partial charge >= 0.3 is 6.09 Å². The van der Waals surface area contributed by atoms with E-state index in [0.717, 1.165) is 0 Å². The Kier molecular flexibility index (Phi) is 4.11. The number of ether oxygens (including phenoxy) is 1. The first kappa shape index (κ1) is 13.5. The molecule has 0 aliphatic carbocycles. The predicted octanol–water partition coefficient (Wildman–Crippen LogP) is 1.53. The number of carbonyl (C=O) groups is 1. The van der Waals surface area contributed by atoms with Crippen molar-refractivity contribution in [3.05, 3.63) is 17.5 Å². The third kappa shape index (κ3) is 4.44. The number of hydrogen-bond donors (Lipinski definition) is 1. The van der Waals surface area contributed by atoms with Gasteiger partial charge in [-0.2, -0.15) is 0 Å². The summed E-state index contributed by atoms with van der Waals surface area (Å²) in [5, 5.41) is 12.5. The summed E-state index contributed by atoms with van der Waals surface area (Å²) in [6.07, 6.45) is -0.425. The molecule has 1 rings (SSSR count). The number of hydrogen-bond acceptors (Lipinski definition) is 5. The Labute approximate surface area is 100 Å². The molecule has 0 atom stereocenters. The highest BCUT2D eigenvalue weighted by Gasteiger charge is 2.20. The fourth-order valence-electron chi connectivity index (χ4n) is 1.15. The summed E-state index contributed by atoms with van der Waals surface area (Å²) < 4.78 is 10.0. The van der Waals surface area contributed by atoms with Crippen molar-refractivity contribution < 1.29 is 19.2 Å². The number of amides is 1. The van der Waals surface area contributed by atoms with Crippen LogP contribution in [-0.2, 0) is 17.9 Å². The highest BCUT2D eigenvalue weighted by atomic mass is 16.6. The van der Waals surface area contributed by atoms with E-state index in [1.54, 1.807) is 33.9 Å². The Morgan fingerprint density at radius 2 is 2.24 bits per heavy atom. The van der Waals surface area contributed by atoms with Crippen LogP contribution in [0.15, 0.2) is 10.6 Å². The van der Waals surface area contributed by atoms with Gasteiger partial charge < -0.3 is 19.3 Å². The third-order valence-corrected chi connectivity index (χ3v) is 1.87. The van der Waals surface area contributed by atoms with E-state index in [9.17, 15) is 4.79 Å². The average molecular weight is 242 g/mol. The average Bonchev–Trinajstić information content (AvgIpc) is 2.62. The van der Waals surface area contributed by atoms with Crippen molar-refractivity contribution in [3.63, 3.8) is 0 Å². The van der Waals surface area contributed by atoms with Gasteiger partial charge in [-0.15, -0.1) is 0 Å². The number of nitrogens with zero attached hydrogens (tertiary/aromatic N) is 2. The van der Waals surface area contributed by atoms with E-state index in [1.807, 2.05) is 0 Å². The largest absolute Gasteiger partial charge is 0.444 e. The molecule has 0 bridgehead atoms. The first-order valence-electron chi connectivity index (χ1n) is 5.31. The molecule has 0 aliphatic heterocycles. The van der Waals surface area contributed by atoms with Crippen molar-refractivity contribution in [2.45, 2.75) is 39.5 Å².